The monoisotopic (exact) mass is 464 g/mol. The Kier molecular flexibility index (Phi) is 7.97. The summed E-state index contributed by atoms with van der Waals surface area (Å²) < 4.78 is 6.84. The maximum absolute atomic E-state index is 11.9. The van der Waals surface area contributed by atoms with Gasteiger partial charge in [-0.3, -0.25) is 9.59 Å². The number of carbonyl (C=O) groups is 2. The van der Waals surface area contributed by atoms with Crippen molar-refractivity contribution in [2.24, 2.45) is 5.92 Å². The minimum absolute atomic E-state index is 0.0430. The van der Waals surface area contributed by atoms with E-state index in [0.29, 0.717) is 10.8 Å². The van der Waals surface area contributed by atoms with Crippen LogP contribution in [0.15, 0.2) is 0 Å². The molecular weight excluding hydrogens is 446 g/mol. The van der Waals surface area contributed by atoms with Crippen LogP contribution in [0.1, 0.15) is 38.5 Å². The standard InChI is InChI=1S/C12H18I2O3/c13-7-3-6-11(17-12(16)8-14)9-4-1-2-5-10(9)15/h9,11H,1-8H2/t9-,11?/m1/s1. The third kappa shape index (κ3) is 5.40. The Morgan fingerprint density at radius 3 is 2.76 bits per heavy atom. The predicted molar refractivity (Wildman–Crippen MR) is 83.9 cm³/mol. The highest BCUT2D eigenvalue weighted by Crippen LogP contribution is 2.28. The van der Waals surface area contributed by atoms with E-state index in [-0.39, 0.29) is 23.8 Å². The van der Waals surface area contributed by atoms with Crippen molar-refractivity contribution in [3.8, 4) is 0 Å². The fraction of sp³-hybridized carbons (Fsp3) is 0.833. The van der Waals surface area contributed by atoms with Crippen molar-refractivity contribution < 1.29 is 14.3 Å². The molecule has 3 nitrogen and oxygen atoms in total. The van der Waals surface area contributed by atoms with Gasteiger partial charge in [-0.1, -0.05) is 51.6 Å². The topological polar surface area (TPSA) is 43.4 Å². The summed E-state index contributed by atoms with van der Waals surface area (Å²) in [6, 6.07) is 0. The van der Waals surface area contributed by atoms with Crippen molar-refractivity contribution in [2.75, 3.05) is 8.86 Å². The molecule has 1 rings (SSSR count). The molecule has 98 valence electrons. The summed E-state index contributed by atoms with van der Waals surface area (Å²) in [6.45, 7) is 0. The molecule has 0 N–H and O–H groups in total. The van der Waals surface area contributed by atoms with E-state index in [1.165, 1.54) is 0 Å². The molecule has 0 aromatic rings. The average molecular weight is 464 g/mol. The first-order chi connectivity index (χ1) is 8.19. The molecule has 0 radical (unpaired) electrons. The summed E-state index contributed by atoms with van der Waals surface area (Å²) in [7, 11) is 0. The van der Waals surface area contributed by atoms with Crippen LogP contribution >= 0.6 is 45.2 Å². The van der Waals surface area contributed by atoms with Crippen LogP contribution in [-0.4, -0.2) is 26.7 Å². The normalized spacial score (nSPS) is 22.2. The number of ketones is 1. The van der Waals surface area contributed by atoms with Crippen molar-refractivity contribution in [1.29, 1.82) is 0 Å². The molecule has 17 heavy (non-hydrogen) atoms. The van der Waals surface area contributed by atoms with Gasteiger partial charge in [0.25, 0.3) is 0 Å². The van der Waals surface area contributed by atoms with E-state index in [4.69, 9.17) is 4.74 Å². The second-order valence-electron chi connectivity index (χ2n) is 4.31. The molecule has 2 atom stereocenters. The van der Waals surface area contributed by atoms with Crippen molar-refractivity contribution in [2.45, 2.75) is 44.6 Å². The molecule has 0 amide bonds. The van der Waals surface area contributed by atoms with E-state index in [1.807, 2.05) is 22.6 Å². The highest BCUT2D eigenvalue weighted by atomic mass is 127. The van der Waals surface area contributed by atoms with Gasteiger partial charge in [-0.15, -0.1) is 0 Å². The van der Waals surface area contributed by atoms with E-state index < -0.39 is 0 Å². The number of rotatable bonds is 6. The summed E-state index contributed by atoms with van der Waals surface area (Å²) in [5.74, 6) is 0.0528. The summed E-state index contributed by atoms with van der Waals surface area (Å²) in [5, 5.41) is 0. The van der Waals surface area contributed by atoms with Crippen molar-refractivity contribution in [1.82, 2.24) is 0 Å². The van der Waals surface area contributed by atoms with Crippen LogP contribution in [-0.2, 0) is 14.3 Å². The number of halogens is 2. The Labute approximate surface area is 130 Å². The van der Waals surface area contributed by atoms with Crippen LogP contribution in [0, 0.1) is 5.92 Å². The first-order valence-electron chi connectivity index (χ1n) is 6.03. The third-order valence-electron chi connectivity index (χ3n) is 3.06. The van der Waals surface area contributed by atoms with Crippen LogP contribution in [0.4, 0.5) is 0 Å². The second kappa shape index (κ2) is 8.66. The van der Waals surface area contributed by atoms with Gasteiger partial charge in [0.05, 0.1) is 10.3 Å². The molecule has 1 fully saturated rings. The van der Waals surface area contributed by atoms with E-state index in [2.05, 4.69) is 22.6 Å². The fourth-order valence-corrected chi connectivity index (χ4v) is 2.84. The maximum atomic E-state index is 11.9. The van der Waals surface area contributed by atoms with Crippen molar-refractivity contribution in [3.63, 3.8) is 0 Å². The predicted octanol–water partition coefficient (Wildman–Crippen LogP) is 3.31. The highest BCUT2D eigenvalue weighted by molar-refractivity contribution is 14.1. The zero-order valence-corrected chi connectivity index (χ0v) is 14.1. The Bertz CT molecular complexity index is 268. The van der Waals surface area contributed by atoms with E-state index >= 15 is 0 Å². The maximum Gasteiger partial charge on any atom is 0.316 e. The van der Waals surface area contributed by atoms with Crippen LogP contribution < -0.4 is 0 Å². The van der Waals surface area contributed by atoms with Gasteiger partial charge in [0.15, 0.2) is 0 Å². The summed E-state index contributed by atoms with van der Waals surface area (Å²) >= 11 is 4.31. The molecule has 1 aliphatic rings. The molecule has 0 bridgehead atoms. The highest BCUT2D eigenvalue weighted by Gasteiger charge is 2.32. The lowest BCUT2D eigenvalue weighted by Gasteiger charge is -2.28. The van der Waals surface area contributed by atoms with Crippen LogP contribution in [0.3, 0.4) is 0 Å². The van der Waals surface area contributed by atoms with Crippen molar-refractivity contribution in [3.05, 3.63) is 0 Å². The van der Waals surface area contributed by atoms with Crippen LogP contribution in [0.2, 0.25) is 0 Å². The Balaban J connectivity index is 2.59. The Morgan fingerprint density at radius 1 is 1.41 bits per heavy atom. The SMILES string of the molecule is O=C(CI)OC(CCCI)[C@@H]1CCCCC1=O. The minimum Gasteiger partial charge on any atom is -0.461 e. The molecular formula is C12H18I2O3. The second-order valence-corrected chi connectivity index (χ2v) is 6.15. The quantitative estimate of drug-likeness (QED) is 0.345. The number of esters is 1. The van der Waals surface area contributed by atoms with Crippen molar-refractivity contribution >= 4 is 56.9 Å². The lowest BCUT2D eigenvalue weighted by atomic mass is 9.82. The molecule has 0 heterocycles. The van der Waals surface area contributed by atoms with E-state index in [0.717, 1.165) is 36.5 Å². The third-order valence-corrected chi connectivity index (χ3v) is 4.45. The van der Waals surface area contributed by atoms with Crippen LogP contribution in [0.5, 0.6) is 0 Å². The number of alkyl halides is 2. The molecule has 5 heteroatoms. The van der Waals surface area contributed by atoms with Gasteiger partial charge in [-0.05, 0) is 30.1 Å². The first kappa shape index (κ1) is 15.7. The minimum atomic E-state index is -0.192. The lowest BCUT2D eigenvalue weighted by molar-refractivity contribution is -0.151. The smallest absolute Gasteiger partial charge is 0.316 e. The first-order valence-corrected chi connectivity index (χ1v) is 9.08. The summed E-state index contributed by atoms with van der Waals surface area (Å²) in [5.41, 5.74) is 0. The summed E-state index contributed by atoms with van der Waals surface area (Å²) in [4.78, 5) is 23.3. The molecule has 0 saturated heterocycles. The van der Waals surface area contributed by atoms with Gasteiger partial charge in [0.2, 0.25) is 0 Å². The number of Topliss-reactive ketones (excluding diaryl/α,β-unsaturated/α-hetero) is 1. The number of carbonyl (C=O) groups excluding carboxylic acids is 2. The van der Waals surface area contributed by atoms with Gasteiger partial charge in [0.1, 0.15) is 11.9 Å². The molecule has 0 aromatic heterocycles. The molecule has 0 spiro atoms. The lowest BCUT2D eigenvalue weighted by Crippen LogP contribution is -2.35. The Morgan fingerprint density at radius 2 is 2.18 bits per heavy atom. The molecule has 1 saturated carbocycles. The van der Waals surface area contributed by atoms with E-state index in [9.17, 15) is 9.59 Å². The largest absolute Gasteiger partial charge is 0.461 e. The number of ether oxygens (including phenoxy) is 1. The number of hydrogen-bond donors (Lipinski definition) is 0. The van der Waals surface area contributed by atoms with Gasteiger partial charge < -0.3 is 4.74 Å². The van der Waals surface area contributed by atoms with Gasteiger partial charge in [-0.25, -0.2) is 0 Å². The zero-order valence-electron chi connectivity index (χ0n) is 9.79. The van der Waals surface area contributed by atoms with E-state index in [1.54, 1.807) is 0 Å². The molecule has 1 aliphatic carbocycles. The number of hydrogen-bond acceptors (Lipinski definition) is 3. The molecule has 0 aromatic carbocycles. The van der Waals surface area contributed by atoms with Gasteiger partial charge in [-0.2, -0.15) is 0 Å². The molecule has 1 unspecified atom stereocenters. The Hall–Kier alpha value is 0.600. The fourth-order valence-electron chi connectivity index (χ4n) is 2.22. The molecule has 0 aliphatic heterocycles. The van der Waals surface area contributed by atoms with Crippen LogP contribution in [0.25, 0.3) is 0 Å². The summed E-state index contributed by atoms with van der Waals surface area (Å²) in [6.07, 6.45) is 5.27. The zero-order chi connectivity index (χ0) is 12.7. The van der Waals surface area contributed by atoms with Gasteiger partial charge >= 0.3 is 5.97 Å². The van der Waals surface area contributed by atoms with Gasteiger partial charge in [0, 0.05) is 6.42 Å². The average Bonchev–Trinajstić information content (AvgIpc) is 2.35.